The van der Waals surface area contributed by atoms with Crippen molar-refractivity contribution >= 4 is 5.78 Å². The highest BCUT2D eigenvalue weighted by Crippen LogP contribution is 2.56. The van der Waals surface area contributed by atoms with Crippen molar-refractivity contribution < 1.29 is 4.79 Å². The van der Waals surface area contributed by atoms with Crippen molar-refractivity contribution in [1.29, 1.82) is 0 Å². The van der Waals surface area contributed by atoms with Crippen LogP contribution < -0.4 is 0 Å². The van der Waals surface area contributed by atoms with Gasteiger partial charge >= 0.3 is 0 Å². The molecular formula is C17H22O. The van der Waals surface area contributed by atoms with E-state index in [0.717, 1.165) is 24.7 Å². The van der Waals surface area contributed by atoms with Gasteiger partial charge in [-0.1, -0.05) is 23.8 Å². The molecule has 6 atom stereocenters. The van der Waals surface area contributed by atoms with Crippen LogP contribution in [0.3, 0.4) is 0 Å². The van der Waals surface area contributed by atoms with Crippen LogP contribution in [0, 0.1) is 35.5 Å². The average molecular weight is 242 g/mol. The summed E-state index contributed by atoms with van der Waals surface area (Å²) in [5, 5.41) is 0. The van der Waals surface area contributed by atoms with Crippen molar-refractivity contribution in [2.24, 2.45) is 35.5 Å². The first kappa shape index (κ1) is 11.0. The van der Waals surface area contributed by atoms with E-state index in [2.05, 4.69) is 25.2 Å². The van der Waals surface area contributed by atoms with Crippen LogP contribution in [0.15, 0.2) is 23.8 Å². The summed E-state index contributed by atoms with van der Waals surface area (Å²) in [6.07, 6.45) is 13.2. The van der Waals surface area contributed by atoms with E-state index in [4.69, 9.17) is 0 Å². The Labute approximate surface area is 109 Å². The standard InChI is InChI=1S/C17H22O/c1-10-5-6-12-9-11-7-8-14(11)16(12)17(18)15-4-2-3-13(10)15/h2-3,5,11-16H,4,6-9H2,1H3/t11-,12+,13+,14-,15-,16+/m0/s1. The van der Waals surface area contributed by atoms with Gasteiger partial charge in [0.2, 0.25) is 0 Å². The Balaban J connectivity index is 1.71. The molecule has 0 bridgehead atoms. The summed E-state index contributed by atoms with van der Waals surface area (Å²) in [5.41, 5.74) is 1.44. The van der Waals surface area contributed by atoms with E-state index in [1.54, 1.807) is 0 Å². The molecule has 1 nitrogen and oxygen atoms in total. The van der Waals surface area contributed by atoms with Gasteiger partial charge in [0.15, 0.2) is 0 Å². The zero-order valence-electron chi connectivity index (χ0n) is 11.1. The van der Waals surface area contributed by atoms with Crippen molar-refractivity contribution in [3.8, 4) is 0 Å². The largest absolute Gasteiger partial charge is 0.299 e. The maximum atomic E-state index is 12.9. The smallest absolute Gasteiger partial charge is 0.140 e. The van der Waals surface area contributed by atoms with Crippen molar-refractivity contribution in [3.05, 3.63) is 23.8 Å². The Kier molecular flexibility index (Phi) is 2.34. The third-order valence-electron chi connectivity index (χ3n) is 6.18. The van der Waals surface area contributed by atoms with Gasteiger partial charge in [-0.25, -0.2) is 0 Å². The fourth-order valence-corrected chi connectivity index (χ4v) is 5.07. The number of hydrogen-bond acceptors (Lipinski definition) is 1. The number of ketones is 1. The van der Waals surface area contributed by atoms with Gasteiger partial charge in [-0.3, -0.25) is 4.79 Å². The molecule has 0 aromatic carbocycles. The fraction of sp³-hybridized carbons (Fsp3) is 0.706. The lowest BCUT2D eigenvalue weighted by Crippen LogP contribution is -2.37. The van der Waals surface area contributed by atoms with Crippen LogP contribution >= 0.6 is 0 Å². The molecule has 0 aromatic rings. The van der Waals surface area contributed by atoms with Crippen LogP contribution in [0.4, 0.5) is 0 Å². The van der Waals surface area contributed by atoms with Crippen molar-refractivity contribution in [2.45, 2.75) is 39.0 Å². The molecule has 96 valence electrons. The Morgan fingerprint density at radius 2 is 2.06 bits per heavy atom. The number of hydrogen-bond donors (Lipinski definition) is 0. The molecule has 2 fully saturated rings. The quantitative estimate of drug-likeness (QED) is 0.591. The Hall–Kier alpha value is -0.850. The zero-order valence-corrected chi connectivity index (χ0v) is 11.1. The van der Waals surface area contributed by atoms with E-state index < -0.39 is 0 Å². The Bertz CT molecular complexity index is 445. The molecule has 0 heterocycles. The molecule has 0 spiro atoms. The Morgan fingerprint density at radius 1 is 1.17 bits per heavy atom. The van der Waals surface area contributed by atoms with Crippen LogP contribution in [-0.2, 0) is 4.79 Å². The minimum Gasteiger partial charge on any atom is -0.299 e. The molecule has 0 amide bonds. The second kappa shape index (κ2) is 3.82. The van der Waals surface area contributed by atoms with Gasteiger partial charge in [0, 0.05) is 17.8 Å². The van der Waals surface area contributed by atoms with Crippen LogP contribution in [0.25, 0.3) is 0 Å². The van der Waals surface area contributed by atoms with Gasteiger partial charge in [0.1, 0.15) is 5.78 Å². The summed E-state index contributed by atoms with van der Waals surface area (Å²) in [6, 6.07) is 0. The maximum absolute atomic E-state index is 12.9. The van der Waals surface area contributed by atoms with Crippen LogP contribution in [-0.4, -0.2) is 5.78 Å². The van der Waals surface area contributed by atoms with Crippen molar-refractivity contribution in [1.82, 2.24) is 0 Å². The molecule has 0 aromatic heterocycles. The number of carbonyl (C=O) groups excluding carboxylic acids is 1. The summed E-state index contributed by atoms with van der Waals surface area (Å²) in [4.78, 5) is 12.9. The molecule has 4 aliphatic rings. The molecule has 0 radical (unpaired) electrons. The van der Waals surface area contributed by atoms with Gasteiger partial charge in [-0.2, -0.15) is 0 Å². The van der Waals surface area contributed by atoms with Gasteiger partial charge in [0.25, 0.3) is 0 Å². The van der Waals surface area contributed by atoms with Crippen LogP contribution in [0.2, 0.25) is 0 Å². The lowest BCUT2D eigenvalue weighted by Gasteiger charge is -2.36. The van der Waals surface area contributed by atoms with Crippen LogP contribution in [0.1, 0.15) is 39.0 Å². The molecule has 0 unspecified atom stereocenters. The minimum absolute atomic E-state index is 0.286. The highest BCUT2D eigenvalue weighted by molar-refractivity contribution is 5.86. The van der Waals surface area contributed by atoms with E-state index in [9.17, 15) is 4.79 Å². The van der Waals surface area contributed by atoms with Crippen molar-refractivity contribution in [3.63, 3.8) is 0 Å². The number of rotatable bonds is 0. The first-order valence-corrected chi connectivity index (χ1v) is 7.62. The van der Waals surface area contributed by atoms with Crippen molar-refractivity contribution in [2.75, 3.05) is 0 Å². The van der Waals surface area contributed by atoms with Gasteiger partial charge in [0.05, 0.1) is 0 Å². The summed E-state index contributed by atoms with van der Waals surface area (Å²) in [5.74, 6) is 4.08. The van der Waals surface area contributed by atoms with E-state index >= 15 is 0 Å². The molecular weight excluding hydrogens is 220 g/mol. The molecule has 0 saturated heterocycles. The predicted molar refractivity (Wildman–Crippen MR) is 71.9 cm³/mol. The lowest BCUT2D eigenvalue weighted by atomic mass is 9.67. The average Bonchev–Trinajstić information content (AvgIpc) is 2.89. The SMILES string of the molecule is CC1=CC[C@@H]2C[C@@H]3CC[C@@H]3[C@@H]2C(=O)[C@H]2CC=C[C@H]12. The molecule has 0 N–H and O–H groups in total. The van der Waals surface area contributed by atoms with E-state index in [-0.39, 0.29) is 5.92 Å². The van der Waals surface area contributed by atoms with Crippen LogP contribution in [0.5, 0.6) is 0 Å². The van der Waals surface area contributed by atoms with E-state index in [1.807, 2.05) is 0 Å². The first-order valence-electron chi connectivity index (χ1n) is 7.62. The number of carbonyl (C=O) groups is 1. The maximum Gasteiger partial charge on any atom is 0.140 e. The second-order valence-electron chi connectivity index (χ2n) is 6.91. The Morgan fingerprint density at radius 3 is 2.83 bits per heavy atom. The first-order chi connectivity index (χ1) is 8.75. The minimum atomic E-state index is 0.286. The molecule has 18 heavy (non-hydrogen) atoms. The summed E-state index contributed by atoms with van der Waals surface area (Å²) >= 11 is 0. The normalized spacial score (nSPS) is 49.6. The van der Waals surface area contributed by atoms with E-state index in [0.29, 0.717) is 23.5 Å². The lowest BCUT2D eigenvalue weighted by molar-refractivity contribution is -0.131. The fourth-order valence-electron chi connectivity index (χ4n) is 5.07. The number of allylic oxidation sites excluding steroid dienone is 4. The molecule has 0 aliphatic heterocycles. The van der Waals surface area contributed by atoms with Gasteiger partial charge in [-0.05, 0) is 56.8 Å². The third-order valence-corrected chi connectivity index (χ3v) is 6.18. The molecule has 4 aliphatic carbocycles. The highest BCUT2D eigenvalue weighted by atomic mass is 16.1. The summed E-state index contributed by atoms with van der Waals surface area (Å²) < 4.78 is 0. The highest BCUT2D eigenvalue weighted by Gasteiger charge is 2.52. The number of Topliss-reactive ketones (excluding diaryl/α,β-unsaturated/α-hetero) is 1. The predicted octanol–water partition coefficient (Wildman–Crippen LogP) is 3.76. The summed E-state index contributed by atoms with van der Waals surface area (Å²) in [7, 11) is 0. The van der Waals surface area contributed by atoms with Gasteiger partial charge < -0.3 is 0 Å². The zero-order chi connectivity index (χ0) is 12.3. The topological polar surface area (TPSA) is 17.1 Å². The molecule has 1 heteroatoms. The third kappa shape index (κ3) is 1.36. The monoisotopic (exact) mass is 242 g/mol. The van der Waals surface area contributed by atoms with Gasteiger partial charge in [-0.15, -0.1) is 0 Å². The number of fused-ring (bicyclic) bond motifs is 4. The second-order valence-corrected chi connectivity index (χ2v) is 6.91. The molecule has 2 saturated carbocycles. The molecule has 4 rings (SSSR count). The summed E-state index contributed by atoms with van der Waals surface area (Å²) in [6.45, 7) is 2.23. The van der Waals surface area contributed by atoms with E-state index in [1.165, 1.54) is 24.8 Å².